The van der Waals surface area contributed by atoms with E-state index in [9.17, 15) is 4.79 Å². The van der Waals surface area contributed by atoms with Crippen molar-refractivity contribution in [3.8, 4) is 0 Å². The van der Waals surface area contributed by atoms with Crippen molar-refractivity contribution in [3.05, 3.63) is 0 Å². The van der Waals surface area contributed by atoms with E-state index >= 15 is 0 Å². The van der Waals surface area contributed by atoms with Crippen molar-refractivity contribution in [1.82, 2.24) is 0 Å². The Morgan fingerprint density at radius 1 is 0.857 bits per heavy atom. The van der Waals surface area contributed by atoms with Gasteiger partial charge in [0.05, 0.1) is 0 Å². The molecule has 82 valence electrons. The predicted molar refractivity (Wildman–Crippen MR) is 60.0 cm³/mol. The summed E-state index contributed by atoms with van der Waals surface area (Å²) < 4.78 is 0. The second-order valence-corrected chi connectivity index (χ2v) is 5.62. The molecule has 0 aromatic carbocycles. The van der Waals surface area contributed by atoms with Gasteiger partial charge in [0.2, 0.25) is 0 Å². The molecule has 0 radical (unpaired) electrons. The molecule has 0 bridgehead atoms. The van der Waals surface area contributed by atoms with Crippen molar-refractivity contribution in [1.29, 1.82) is 0 Å². The lowest BCUT2D eigenvalue weighted by molar-refractivity contribution is -0.123. The standard InChI is InChI=1S/C13H24O/c1-7(2)11-9(5)13(14)10(6)12(11)8(3)4/h7-12H,1-6H3/t9?,10?,11-,12-/m0/s1. The van der Waals surface area contributed by atoms with E-state index in [1.807, 2.05) is 0 Å². The first-order valence-electron chi connectivity index (χ1n) is 5.91. The van der Waals surface area contributed by atoms with E-state index in [1.54, 1.807) is 0 Å². The van der Waals surface area contributed by atoms with Gasteiger partial charge in [-0.05, 0) is 23.7 Å². The monoisotopic (exact) mass is 196 g/mol. The molecule has 1 aliphatic rings. The topological polar surface area (TPSA) is 17.1 Å². The Labute approximate surface area is 88.3 Å². The summed E-state index contributed by atoms with van der Waals surface area (Å²) in [7, 11) is 0. The molecule has 14 heavy (non-hydrogen) atoms. The van der Waals surface area contributed by atoms with Crippen molar-refractivity contribution in [2.45, 2.75) is 41.5 Å². The number of carbonyl (C=O) groups excluding carboxylic acids is 1. The van der Waals surface area contributed by atoms with Gasteiger partial charge in [-0.15, -0.1) is 0 Å². The molecule has 1 saturated carbocycles. The van der Waals surface area contributed by atoms with Gasteiger partial charge in [-0.25, -0.2) is 0 Å². The van der Waals surface area contributed by atoms with Crippen LogP contribution in [0.15, 0.2) is 0 Å². The van der Waals surface area contributed by atoms with Gasteiger partial charge in [-0.1, -0.05) is 41.5 Å². The molecule has 0 spiro atoms. The lowest BCUT2D eigenvalue weighted by Gasteiger charge is -2.30. The largest absolute Gasteiger partial charge is 0.299 e. The molecule has 1 rings (SSSR count). The van der Waals surface area contributed by atoms with Crippen LogP contribution in [0.25, 0.3) is 0 Å². The zero-order chi connectivity index (χ0) is 11.0. The zero-order valence-electron chi connectivity index (χ0n) is 10.4. The molecule has 1 nitrogen and oxygen atoms in total. The Morgan fingerprint density at radius 3 is 1.36 bits per heavy atom. The van der Waals surface area contributed by atoms with Gasteiger partial charge in [-0.3, -0.25) is 4.79 Å². The van der Waals surface area contributed by atoms with Crippen LogP contribution in [-0.2, 0) is 4.79 Å². The van der Waals surface area contributed by atoms with Crippen molar-refractivity contribution in [2.75, 3.05) is 0 Å². The highest BCUT2D eigenvalue weighted by Gasteiger charge is 2.47. The van der Waals surface area contributed by atoms with E-state index in [1.165, 1.54) is 0 Å². The van der Waals surface area contributed by atoms with E-state index in [0.29, 0.717) is 29.5 Å². The van der Waals surface area contributed by atoms with Crippen molar-refractivity contribution in [2.24, 2.45) is 35.5 Å². The highest BCUT2D eigenvalue weighted by atomic mass is 16.1. The van der Waals surface area contributed by atoms with Crippen LogP contribution in [0.1, 0.15) is 41.5 Å². The maximum atomic E-state index is 11.9. The molecule has 2 unspecified atom stereocenters. The summed E-state index contributed by atoms with van der Waals surface area (Å²) in [6.45, 7) is 13.2. The summed E-state index contributed by atoms with van der Waals surface area (Å²) in [4.78, 5) is 11.9. The van der Waals surface area contributed by atoms with Gasteiger partial charge < -0.3 is 0 Å². The smallest absolute Gasteiger partial charge is 0.139 e. The molecule has 0 heterocycles. The second kappa shape index (κ2) is 4.04. The number of ketones is 1. The third-order valence-corrected chi connectivity index (χ3v) is 4.04. The summed E-state index contributed by atoms with van der Waals surface area (Å²) in [5, 5.41) is 0. The van der Waals surface area contributed by atoms with Crippen LogP contribution in [0.5, 0.6) is 0 Å². The highest BCUT2D eigenvalue weighted by Crippen LogP contribution is 2.46. The van der Waals surface area contributed by atoms with Crippen LogP contribution in [-0.4, -0.2) is 5.78 Å². The van der Waals surface area contributed by atoms with Crippen molar-refractivity contribution >= 4 is 5.78 Å². The predicted octanol–water partition coefficient (Wildman–Crippen LogP) is 3.39. The molecular formula is C13H24O. The maximum absolute atomic E-state index is 11.9. The number of Topliss-reactive ketones (excluding diaryl/α,β-unsaturated/α-hetero) is 1. The van der Waals surface area contributed by atoms with Crippen LogP contribution < -0.4 is 0 Å². The first-order valence-corrected chi connectivity index (χ1v) is 5.91. The Bertz CT molecular complexity index is 195. The SMILES string of the molecule is CC(C)[C@H]1C(C)C(=O)C(C)[C@@H]1C(C)C. The number of hydrogen-bond donors (Lipinski definition) is 0. The lowest BCUT2D eigenvalue weighted by Crippen LogP contribution is -2.25. The number of rotatable bonds is 2. The van der Waals surface area contributed by atoms with Gasteiger partial charge in [-0.2, -0.15) is 0 Å². The average molecular weight is 196 g/mol. The Hall–Kier alpha value is -0.330. The summed E-state index contributed by atoms with van der Waals surface area (Å²) >= 11 is 0. The normalized spacial score (nSPS) is 38.7. The maximum Gasteiger partial charge on any atom is 0.139 e. The Balaban J connectivity index is 2.95. The quantitative estimate of drug-likeness (QED) is 0.661. The molecule has 1 aliphatic carbocycles. The van der Waals surface area contributed by atoms with Gasteiger partial charge >= 0.3 is 0 Å². The fraction of sp³-hybridized carbons (Fsp3) is 0.923. The zero-order valence-corrected chi connectivity index (χ0v) is 10.4. The molecular weight excluding hydrogens is 172 g/mol. The number of carbonyl (C=O) groups is 1. The first kappa shape index (κ1) is 11.7. The van der Waals surface area contributed by atoms with Crippen LogP contribution in [0.3, 0.4) is 0 Å². The van der Waals surface area contributed by atoms with Gasteiger partial charge in [0.1, 0.15) is 5.78 Å². The van der Waals surface area contributed by atoms with Crippen molar-refractivity contribution in [3.63, 3.8) is 0 Å². The van der Waals surface area contributed by atoms with E-state index < -0.39 is 0 Å². The molecule has 1 heteroatoms. The molecule has 0 saturated heterocycles. The molecule has 4 atom stereocenters. The second-order valence-electron chi connectivity index (χ2n) is 5.62. The van der Waals surface area contributed by atoms with Gasteiger partial charge in [0.25, 0.3) is 0 Å². The van der Waals surface area contributed by atoms with E-state index in [4.69, 9.17) is 0 Å². The molecule has 0 aliphatic heterocycles. The molecule has 0 aromatic heterocycles. The van der Waals surface area contributed by atoms with Gasteiger partial charge in [0, 0.05) is 11.8 Å². The first-order chi connectivity index (χ1) is 6.37. The van der Waals surface area contributed by atoms with Crippen LogP contribution >= 0.6 is 0 Å². The van der Waals surface area contributed by atoms with E-state index in [-0.39, 0.29) is 11.8 Å². The average Bonchev–Trinajstić information content (AvgIpc) is 2.29. The Morgan fingerprint density at radius 2 is 1.14 bits per heavy atom. The third kappa shape index (κ3) is 1.74. The summed E-state index contributed by atoms with van der Waals surface area (Å²) in [6, 6.07) is 0. The van der Waals surface area contributed by atoms with Crippen LogP contribution in [0.4, 0.5) is 0 Å². The fourth-order valence-electron chi connectivity index (χ4n) is 3.50. The third-order valence-electron chi connectivity index (χ3n) is 4.04. The van der Waals surface area contributed by atoms with Crippen LogP contribution in [0.2, 0.25) is 0 Å². The molecule has 0 amide bonds. The molecule has 1 fully saturated rings. The molecule has 0 N–H and O–H groups in total. The van der Waals surface area contributed by atoms with E-state index in [0.717, 1.165) is 0 Å². The minimum atomic E-state index is 0.275. The van der Waals surface area contributed by atoms with E-state index in [2.05, 4.69) is 41.5 Å². The van der Waals surface area contributed by atoms with Crippen LogP contribution in [0, 0.1) is 35.5 Å². The summed E-state index contributed by atoms with van der Waals surface area (Å²) in [5.74, 6) is 3.49. The van der Waals surface area contributed by atoms with Crippen molar-refractivity contribution < 1.29 is 4.79 Å². The van der Waals surface area contributed by atoms with Gasteiger partial charge in [0.15, 0.2) is 0 Å². The Kier molecular flexibility index (Phi) is 3.39. The molecule has 0 aromatic rings. The minimum absolute atomic E-state index is 0.275. The highest BCUT2D eigenvalue weighted by molar-refractivity contribution is 5.85. The summed E-state index contributed by atoms with van der Waals surface area (Å²) in [6.07, 6.45) is 0. The number of hydrogen-bond acceptors (Lipinski definition) is 1. The fourth-order valence-corrected chi connectivity index (χ4v) is 3.50. The minimum Gasteiger partial charge on any atom is -0.299 e. The lowest BCUT2D eigenvalue weighted by atomic mass is 9.74. The summed E-state index contributed by atoms with van der Waals surface area (Å²) in [5.41, 5.74) is 0.